The Bertz CT molecular complexity index is 456. The number of aromatic nitrogens is 2. The molecule has 1 aliphatic carbocycles. The van der Waals surface area contributed by atoms with Crippen molar-refractivity contribution in [3.63, 3.8) is 0 Å². The van der Waals surface area contributed by atoms with E-state index in [2.05, 4.69) is 15.6 Å². The first-order chi connectivity index (χ1) is 9.02. The number of hydrogen-bond donors (Lipinski definition) is 3. The fourth-order valence-corrected chi connectivity index (χ4v) is 1.99. The molecule has 0 bridgehead atoms. The van der Waals surface area contributed by atoms with Crippen LogP contribution < -0.4 is 10.6 Å². The van der Waals surface area contributed by atoms with Gasteiger partial charge in [0.05, 0.1) is 6.33 Å². The van der Waals surface area contributed by atoms with Gasteiger partial charge in [0.2, 0.25) is 0 Å². The Morgan fingerprint density at radius 1 is 1.53 bits per heavy atom. The van der Waals surface area contributed by atoms with E-state index in [1.807, 2.05) is 4.57 Å². The maximum absolute atomic E-state index is 11.7. The monoisotopic (exact) mass is 266 g/mol. The van der Waals surface area contributed by atoms with Crippen LogP contribution in [0, 0.1) is 5.92 Å². The smallest absolute Gasteiger partial charge is 0.329 e. The van der Waals surface area contributed by atoms with Crippen LogP contribution in [0.3, 0.4) is 0 Å². The zero-order valence-corrected chi connectivity index (χ0v) is 10.8. The number of amides is 2. The van der Waals surface area contributed by atoms with Gasteiger partial charge in [-0.3, -0.25) is 0 Å². The van der Waals surface area contributed by atoms with E-state index in [1.54, 1.807) is 25.6 Å². The molecule has 2 amide bonds. The Labute approximate surface area is 111 Å². The van der Waals surface area contributed by atoms with E-state index in [4.69, 9.17) is 0 Å². The third-order valence-corrected chi connectivity index (χ3v) is 3.43. The fraction of sp³-hybridized carbons (Fsp3) is 0.583. The van der Waals surface area contributed by atoms with Gasteiger partial charge in [0, 0.05) is 25.5 Å². The predicted molar refractivity (Wildman–Crippen MR) is 67.5 cm³/mol. The second kappa shape index (κ2) is 5.29. The molecule has 0 radical (unpaired) electrons. The van der Waals surface area contributed by atoms with Gasteiger partial charge in [-0.2, -0.15) is 0 Å². The van der Waals surface area contributed by atoms with E-state index in [9.17, 15) is 14.7 Å². The number of imidazole rings is 1. The summed E-state index contributed by atoms with van der Waals surface area (Å²) in [4.78, 5) is 26.8. The van der Waals surface area contributed by atoms with Crippen LogP contribution in [0.5, 0.6) is 0 Å². The molecule has 3 N–H and O–H groups in total. The van der Waals surface area contributed by atoms with Gasteiger partial charge in [-0.1, -0.05) is 0 Å². The molecule has 1 aromatic heterocycles. The average molecular weight is 266 g/mol. The summed E-state index contributed by atoms with van der Waals surface area (Å²) in [7, 11) is 0. The van der Waals surface area contributed by atoms with Gasteiger partial charge in [0.15, 0.2) is 0 Å². The average Bonchev–Trinajstić information content (AvgIpc) is 3.08. The summed E-state index contributed by atoms with van der Waals surface area (Å²) < 4.78 is 1.83. The number of carbonyl (C=O) groups excluding carboxylic acids is 1. The van der Waals surface area contributed by atoms with Crippen molar-refractivity contribution in [3.8, 4) is 0 Å². The van der Waals surface area contributed by atoms with Crippen molar-refractivity contribution in [2.45, 2.75) is 31.8 Å². The number of urea groups is 1. The van der Waals surface area contributed by atoms with Crippen LogP contribution in [-0.2, 0) is 11.3 Å². The summed E-state index contributed by atoms with van der Waals surface area (Å²) in [5.41, 5.74) is -1.17. The molecule has 7 nitrogen and oxygen atoms in total. The van der Waals surface area contributed by atoms with E-state index in [0.29, 0.717) is 13.1 Å². The second-order valence-electron chi connectivity index (χ2n) is 4.96. The molecule has 7 heteroatoms. The zero-order valence-electron chi connectivity index (χ0n) is 10.8. The molecule has 1 heterocycles. The van der Waals surface area contributed by atoms with Crippen molar-refractivity contribution in [1.29, 1.82) is 0 Å². The highest BCUT2D eigenvalue weighted by Gasteiger charge is 2.48. The molecule has 0 spiro atoms. The molecule has 1 aromatic rings. The van der Waals surface area contributed by atoms with Crippen molar-refractivity contribution in [2.24, 2.45) is 5.92 Å². The van der Waals surface area contributed by atoms with E-state index in [0.717, 1.165) is 12.8 Å². The lowest BCUT2D eigenvalue weighted by molar-refractivity contribution is -0.144. The summed E-state index contributed by atoms with van der Waals surface area (Å²) in [6.45, 7) is 2.58. The Morgan fingerprint density at radius 2 is 2.26 bits per heavy atom. The standard InChI is InChI=1S/C12H18N4O3/c1-12(10(17)18,9-2-3-9)15-11(19)14-5-7-16-6-4-13-8-16/h4,6,8-9H,2-3,5,7H2,1H3,(H,17,18)(H2,14,15,19). The zero-order chi connectivity index (χ0) is 13.9. The fourth-order valence-electron chi connectivity index (χ4n) is 1.99. The number of carbonyl (C=O) groups is 2. The van der Waals surface area contributed by atoms with Crippen LogP contribution in [0.1, 0.15) is 19.8 Å². The molecule has 0 saturated heterocycles. The van der Waals surface area contributed by atoms with Crippen LogP contribution in [0.25, 0.3) is 0 Å². The molecule has 0 aromatic carbocycles. The summed E-state index contributed by atoms with van der Waals surface area (Å²) in [6.07, 6.45) is 6.81. The highest BCUT2D eigenvalue weighted by Crippen LogP contribution is 2.39. The van der Waals surface area contributed by atoms with Crippen LogP contribution in [-0.4, -0.2) is 38.7 Å². The number of carboxylic acid groups (broad SMARTS) is 1. The van der Waals surface area contributed by atoms with Crippen molar-refractivity contribution in [2.75, 3.05) is 6.54 Å². The maximum atomic E-state index is 11.7. The number of nitrogens with zero attached hydrogens (tertiary/aromatic N) is 2. The number of rotatable bonds is 6. The van der Waals surface area contributed by atoms with Gasteiger partial charge >= 0.3 is 12.0 Å². The van der Waals surface area contributed by atoms with Gasteiger partial charge in [-0.25, -0.2) is 14.6 Å². The van der Waals surface area contributed by atoms with Crippen LogP contribution >= 0.6 is 0 Å². The van der Waals surface area contributed by atoms with Gasteiger partial charge in [0.25, 0.3) is 0 Å². The van der Waals surface area contributed by atoms with Gasteiger partial charge < -0.3 is 20.3 Å². The van der Waals surface area contributed by atoms with E-state index in [1.165, 1.54) is 0 Å². The molecule has 1 unspecified atom stereocenters. The molecule has 19 heavy (non-hydrogen) atoms. The summed E-state index contributed by atoms with van der Waals surface area (Å²) in [5.74, 6) is -0.954. The lowest BCUT2D eigenvalue weighted by atomic mass is 9.96. The summed E-state index contributed by atoms with van der Waals surface area (Å²) in [6, 6.07) is -0.447. The third kappa shape index (κ3) is 3.24. The predicted octanol–water partition coefficient (Wildman–Crippen LogP) is 0.436. The molecule has 1 atom stereocenters. The minimum Gasteiger partial charge on any atom is -0.480 e. The molecule has 0 aliphatic heterocycles. The van der Waals surface area contributed by atoms with Gasteiger partial charge in [-0.05, 0) is 25.7 Å². The molecule has 1 aliphatic rings. The van der Waals surface area contributed by atoms with Crippen molar-refractivity contribution >= 4 is 12.0 Å². The van der Waals surface area contributed by atoms with Crippen LogP contribution in [0.2, 0.25) is 0 Å². The minimum absolute atomic E-state index is 0.0319. The van der Waals surface area contributed by atoms with Crippen molar-refractivity contribution < 1.29 is 14.7 Å². The topological polar surface area (TPSA) is 96.3 Å². The maximum Gasteiger partial charge on any atom is 0.329 e. The second-order valence-corrected chi connectivity index (χ2v) is 4.96. The molecular formula is C12H18N4O3. The molecule has 104 valence electrons. The summed E-state index contributed by atoms with van der Waals surface area (Å²) >= 11 is 0. The van der Waals surface area contributed by atoms with Gasteiger partial charge in [0.1, 0.15) is 5.54 Å². The van der Waals surface area contributed by atoms with E-state index in [-0.39, 0.29) is 5.92 Å². The van der Waals surface area contributed by atoms with Crippen molar-refractivity contribution in [3.05, 3.63) is 18.7 Å². The van der Waals surface area contributed by atoms with Crippen LogP contribution in [0.4, 0.5) is 4.79 Å². The number of nitrogens with one attached hydrogen (secondary N) is 2. The Kier molecular flexibility index (Phi) is 3.73. The Balaban J connectivity index is 1.78. The molecule has 1 fully saturated rings. The first kappa shape index (κ1) is 13.4. The minimum atomic E-state index is -1.17. The molecule has 1 saturated carbocycles. The third-order valence-electron chi connectivity index (χ3n) is 3.43. The Hall–Kier alpha value is -2.05. The quantitative estimate of drug-likeness (QED) is 0.696. The molecular weight excluding hydrogens is 248 g/mol. The van der Waals surface area contributed by atoms with Crippen molar-refractivity contribution in [1.82, 2.24) is 20.2 Å². The Morgan fingerprint density at radius 3 is 2.79 bits per heavy atom. The number of aliphatic carboxylic acids is 1. The highest BCUT2D eigenvalue weighted by molar-refractivity contribution is 5.86. The largest absolute Gasteiger partial charge is 0.480 e. The normalized spacial score (nSPS) is 17.5. The lowest BCUT2D eigenvalue weighted by Crippen LogP contribution is -2.57. The SMILES string of the molecule is CC(NC(=O)NCCn1ccnc1)(C(=O)O)C1CC1. The van der Waals surface area contributed by atoms with E-state index < -0.39 is 17.5 Å². The lowest BCUT2D eigenvalue weighted by Gasteiger charge is -2.26. The summed E-state index contributed by atoms with van der Waals surface area (Å²) in [5, 5.41) is 14.4. The number of carboxylic acids is 1. The number of hydrogen-bond acceptors (Lipinski definition) is 3. The first-order valence-electron chi connectivity index (χ1n) is 6.27. The van der Waals surface area contributed by atoms with E-state index >= 15 is 0 Å². The van der Waals surface area contributed by atoms with Crippen LogP contribution in [0.15, 0.2) is 18.7 Å². The molecule has 2 rings (SSSR count). The highest BCUT2D eigenvalue weighted by atomic mass is 16.4. The van der Waals surface area contributed by atoms with Gasteiger partial charge in [-0.15, -0.1) is 0 Å². The first-order valence-corrected chi connectivity index (χ1v) is 6.27.